The maximum Gasteiger partial charge on any atom is 1.00 e. The van der Waals surface area contributed by atoms with Gasteiger partial charge in [-0.3, -0.25) is 0 Å². The van der Waals surface area contributed by atoms with Crippen molar-refractivity contribution < 1.29 is 61.0 Å². The average molecular weight is 297 g/mol. The van der Waals surface area contributed by atoms with Crippen molar-refractivity contribution in [3.05, 3.63) is 65.6 Å². The summed E-state index contributed by atoms with van der Waals surface area (Å²) in [5.41, 5.74) is 5.04. The minimum atomic E-state index is 0. The molecule has 0 spiro atoms. The van der Waals surface area contributed by atoms with Crippen molar-refractivity contribution in [3.8, 4) is 11.5 Å². The number of aryl methyl sites for hydroxylation is 1. The number of nitrogens with zero attached hydrogens (tertiary/aromatic N) is 1. The molecule has 0 radical (unpaired) electrons. The fraction of sp³-hybridized carbons (Fsp3) is 0.250. The summed E-state index contributed by atoms with van der Waals surface area (Å²) >= 11 is 0. The van der Waals surface area contributed by atoms with Gasteiger partial charge in [0.05, 0.1) is 0 Å². The van der Waals surface area contributed by atoms with Crippen LogP contribution in [0.25, 0.3) is 5.48 Å². The van der Waals surface area contributed by atoms with E-state index in [1.165, 1.54) is 5.56 Å². The summed E-state index contributed by atoms with van der Waals surface area (Å²) in [5, 5.41) is 0. The number of hydrogen-bond donors (Lipinski definition) is 0. The van der Waals surface area contributed by atoms with E-state index < -0.39 is 0 Å². The Balaban J connectivity index is 0.00000115. The number of rotatable bonds is 5. The first-order chi connectivity index (χ1) is 9.34. The van der Waals surface area contributed by atoms with Gasteiger partial charge < -0.3 is 15.1 Å². The van der Waals surface area contributed by atoms with Crippen LogP contribution in [0.3, 0.4) is 0 Å². The molecular weight excluding hydrogens is 277 g/mol. The van der Waals surface area contributed by atoms with Crippen molar-refractivity contribution in [1.82, 2.24) is 0 Å². The van der Waals surface area contributed by atoms with E-state index in [-0.39, 0.29) is 58.1 Å². The summed E-state index contributed by atoms with van der Waals surface area (Å²) in [6, 6.07) is 17.2. The van der Waals surface area contributed by atoms with Gasteiger partial charge in [0.1, 0.15) is 11.5 Å². The number of hydrogen-bond acceptors (Lipinski definition) is 2. The molecule has 20 heavy (non-hydrogen) atoms. The molecular formula is C16H20KNO2. The molecule has 0 heterocycles. The van der Waals surface area contributed by atoms with Crippen molar-refractivity contribution in [2.75, 3.05) is 6.73 Å². The second-order valence-corrected chi connectivity index (χ2v) is 3.62. The Morgan fingerprint density at radius 3 is 2.05 bits per heavy atom. The van der Waals surface area contributed by atoms with Gasteiger partial charge in [0.2, 0.25) is 0 Å². The third kappa shape index (κ3) is 8.04. The molecule has 4 heteroatoms. The van der Waals surface area contributed by atoms with Crippen LogP contribution in [0.4, 0.5) is 0 Å². The monoisotopic (exact) mass is 297 g/mol. The topological polar surface area (TPSA) is 32.6 Å². The molecule has 0 fully saturated rings. The van der Waals surface area contributed by atoms with Crippen LogP contribution in [0.2, 0.25) is 0 Å². The maximum atomic E-state index is 5.39. The molecule has 0 saturated carbocycles. The van der Waals surface area contributed by atoms with E-state index in [0.717, 1.165) is 5.75 Å². The Kier molecular flexibility index (Phi) is 12.2. The van der Waals surface area contributed by atoms with Gasteiger partial charge in [0.15, 0.2) is 0 Å². The predicted octanol–water partition coefficient (Wildman–Crippen LogP) is 1.73. The standard InChI is InChI=1S/C14H14NO2.C2H6.K/c1-12-7-9-13(10-8-12)16-11-15-17-14-5-3-2-4-6-14;1-2;/h2-10H,11H2,1H3;1-2H3;/q-1;;+1. The summed E-state index contributed by atoms with van der Waals surface area (Å²) in [4.78, 5) is 5.15. The molecule has 0 aliphatic carbocycles. The third-order valence-corrected chi connectivity index (χ3v) is 2.22. The first kappa shape index (κ1) is 19.6. The van der Waals surface area contributed by atoms with E-state index >= 15 is 0 Å². The van der Waals surface area contributed by atoms with Gasteiger partial charge in [0.25, 0.3) is 0 Å². The minimum Gasteiger partial charge on any atom is -0.585 e. The van der Waals surface area contributed by atoms with Crippen LogP contribution in [0.15, 0.2) is 54.6 Å². The van der Waals surface area contributed by atoms with Gasteiger partial charge in [0, 0.05) is 6.73 Å². The van der Waals surface area contributed by atoms with Crippen molar-refractivity contribution in [2.24, 2.45) is 0 Å². The molecule has 2 rings (SSSR count). The van der Waals surface area contributed by atoms with Crippen LogP contribution in [-0.4, -0.2) is 6.73 Å². The molecule has 0 saturated heterocycles. The Bertz CT molecular complexity index is 446. The molecule has 3 nitrogen and oxygen atoms in total. The molecule has 0 aliphatic heterocycles. The summed E-state index contributed by atoms with van der Waals surface area (Å²) < 4.78 is 5.39. The van der Waals surface area contributed by atoms with Crippen molar-refractivity contribution in [3.63, 3.8) is 0 Å². The summed E-state index contributed by atoms with van der Waals surface area (Å²) in [6.45, 7) is 6.21. The number of benzene rings is 2. The number of hydroxylamine groups is 1. The third-order valence-electron chi connectivity index (χ3n) is 2.22. The van der Waals surface area contributed by atoms with E-state index in [4.69, 9.17) is 9.57 Å². The van der Waals surface area contributed by atoms with Gasteiger partial charge in [-0.05, 0) is 31.2 Å². The fourth-order valence-electron chi connectivity index (χ4n) is 1.32. The summed E-state index contributed by atoms with van der Waals surface area (Å²) in [6.07, 6.45) is 0. The Morgan fingerprint density at radius 2 is 1.45 bits per heavy atom. The van der Waals surface area contributed by atoms with Gasteiger partial charge >= 0.3 is 51.4 Å². The van der Waals surface area contributed by atoms with Crippen LogP contribution >= 0.6 is 0 Å². The molecule has 2 aromatic rings. The van der Waals surface area contributed by atoms with Gasteiger partial charge in [-0.15, -0.1) is 0 Å². The Labute approximate surface area is 164 Å². The Morgan fingerprint density at radius 1 is 0.850 bits per heavy atom. The van der Waals surface area contributed by atoms with E-state index in [9.17, 15) is 0 Å². The van der Waals surface area contributed by atoms with Crippen LogP contribution in [0.1, 0.15) is 19.4 Å². The van der Waals surface area contributed by atoms with Crippen molar-refractivity contribution >= 4 is 0 Å². The van der Waals surface area contributed by atoms with E-state index in [0.29, 0.717) is 5.75 Å². The van der Waals surface area contributed by atoms with Crippen LogP contribution in [0, 0.1) is 6.92 Å². The quantitative estimate of drug-likeness (QED) is 0.478. The molecule has 0 unspecified atom stereocenters. The smallest absolute Gasteiger partial charge is 0.585 e. The molecule has 0 bridgehead atoms. The molecule has 0 atom stereocenters. The number of ether oxygens (including phenoxy) is 1. The van der Waals surface area contributed by atoms with Gasteiger partial charge in [-0.1, -0.05) is 49.7 Å². The summed E-state index contributed by atoms with van der Waals surface area (Å²) in [7, 11) is 0. The number of para-hydroxylation sites is 1. The van der Waals surface area contributed by atoms with Gasteiger partial charge in [-0.2, -0.15) is 0 Å². The first-order valence-corrected chi connectivity index (χ1v) is 6.43. The van der Waals surface area contributed by atoms with E-state index in [2.05, 4.69) is 5.48 Å². The zero-order valence-electron chi connectivity index (χ0n) is 12.7. The molecule has 0 aliphatic rings. The fourth-order valence-corrected chi connectivity index (χ4v) is 1.32. The maximum absolute atomic E-state index is 5.39. The summed E-state index contributed by atoms with van der Waals surface area (Å²) in [5.74, 6) is 1.50. The zero-order valence-corrected chi connectivity index (χ0v) is 15.8. The average Bonchev–Trinajstić information content (AvgIpc) is 2.49. The predicted molar refractivity (Wildman–Crippen MR) is 78.5 cm³/mol. The van der Waals surface area contributed by atoms with E-state index in [1.807, 2.05) is 75.4 Å². The largest absolute Gasteiger partial charge is 1.00 e. The molecule has 2 aromatic carbocycles. The van der Waals surface area contributed by atoms with Crippen LogP contribution in [-0.2, 0) is 0 Å². The van der Waals surface area contributed by atoms with Gasteiger partial charge in [-0.25, -0.2) is 0 Å². The van der Waals surface area contributed by atoms with Crippen LogP contribution < -0.4 is 61.0 Å². The van der Waals surface area contributed by atoms with Crippen molar-refractivity contribution in [1.29, 1.82) is 0 Å². The molecule has 102 valence electrons. The minimum absolute atomic E-state index is 0. The van der Waals surface area contributed by atoms with E-state index in [1.54, 1.807) is 0 Å². The SMILES string of the molecule is CC.Cc1ccc(OC[N-]Oc2ccccc2)cc1.[K+]. The molecule has 0 amide bonds. The normalized spacial score (nSPS) is 8.75. The van der Waals surface area contributed by atoms with Crippen LogP contribution in [0.5, 0.6) is 11.5 Å². The van der Waals surface area contributed by atoms with Crippen molar-refractivity contribution in [2.45, 2.75) is 20.8 Å². The molecule has 0 N–H and O–H groups in total. The first-order valence-electron chi connectivity index (χ1n) is 6.43. The Hall–Kier alpha value is -0.364. The molecule has 0 aromatic heterocycles. The zero-order chi connectivity index (χ0) is 13.9. The second kappa shape index (κ2) is 12.4. The second-order valence-electron chi connectivity index (χ2n) is 3.62.